The molecule has 0 spiro atoms. The lowest BCUT2D eigenvalue weighted by Crippen LogP contribution is -2.28. The number of nitrogens with zero attached hydrogens (tertiary/aromatic N) is 1. The van der Waals surface area contributed by atoms with Crippen molar-refractivity contribution in [3.63, 3.8) is 0 Å². The Morgan fingerprint density at radius 2 is 2.45 bits per heavy atom. The average Bonchev–Trinajstić information content (AvgIpc) is 2.32. The molecule has 1 saturated heterocycles. The third-order valence-electron chi connectivity index (χ3n) is 1.67. The lowest BCUT2D eigenvalue weighted by atomic mass is 10.1. The first-order valence-electron chi connectivity index (χ1n) is 3.25. The van der Waals surface area contributed by atoms with Crippen molar-refractivity contribution in [3.05, 3.63) is 0 Å². The molecule has 0 aliphatic carbocycles. The van der Waals surface area contributed by atoms with Crippen molar-refractivity contribution in [1.29, 1.82) is 0 Å². The monoisotopic (exact) mass is 159 g/mol. The van der Waals surface area contributed by atoms with Gasteiger partial charge in [0.15, 0.2) is 0 Å². The number of hydroxylamine groups is 2. The Labute approximate surface area is 63.5 Å². The summed E-state index contributed by atoms with van der Waals surface area (Å²) in [6.07, 6.45) is 0.335. The number of carbonyl (C=O) groups is 2. The van der Waals surface area contributed by atoms with Gasteiger partial charge in [-0.2, -0.15) is 0 Å². The van der Waals surface area contributed by atoms with Crippen LogP contribution in [0, 0.1) is 5.92 Å². The predicted molar refractivity (Wildman–Crippen MR) is 33.6 cm³/mol. The first-order chi connectivity index (χ1) is 5.16. The molecule has 0 bridgehead atoms. The smallest absolute Gasteiger partial charge is 0.318 e. The van der Waals surface area contributed by atoms with E-state index in [9.17, 15) is 9.59 Å². The van der Waals surface area contributed by atoms with Crippen molar-refractivity contribution in [3.8, 4) is 0 Å². The van der Waals surface area contributed by atoms with Gasteiger partial charge in [-0.25, -0.2) is 5.06 Å². The topological polar surface area (TPSA) is 66.8 Å². The molecule has 11 heavy (non-hydrogen) atoms. The summed E-state index contributed by atoms with van der Waals surface area (Å²) in [4.78, 5) is 21.7. The normalized spacial score (nSPS) is 24.0. The van der Waals surface area contributed by atoms with Gasteiger partial charge in [0.25, 0.3) is 5.91 Å². The Morgan fingerprint density at radius 1 is 1.82 bits per heavy atom. The Morgan fingerprint density at radius 3 is 2.82 bits per heavy atom. The summed E-state index contributed by atoms with van der Waals surface area (Å²) in [6.45, 7) is 0.207. The van der Waals surface area contributed by atoms with Crippen LogP contribution in [0.2, 0.25) is 0 Å². The summed E-state index contributed by atoms with van der Waals surface area (Å²) in [5, 5.41) is 9.33. The molecule has 0 aromatic carbocycles. The molecule has 1 aliphatic heterocycles. The number of hydrogen-bond donors (Lipinski definition) is 1. The second kappa shape index (κ2) is 2.87. The van der Waals surface area contributed by atoms with Crippen LogP contribution in [0.5, 0.6) is 0 Å². The molecule has 5 heteroatoms. The van der Waals surface area contributed by atoms with E-state index in [2.05, 4.69) is 4.74 Å². The van der Waals surface area contributed by atoms with Gasteiger partial charge in [-0.1, -0.05) is 0 Å². The molecule has 1 amide bonds. The van der Waals surface area contributed by atoms with Crippen molar-refractivity contribution < 1.29 is 19.5 Å². The molecule has 0 radical (unpaired) electrons. The number of carbonyl (C=O) groups excluding carboxylic acids is 2. The quantitative estimate of drug-likeness (QED) is 0.315. The fourth-order valence-corrected chi connectivity index (χ4v) is 1.03. The van der Waals surface area contributed by atoms with Crippen molar-refractivity contribution >= 4 is 11.9 Å². The van der Waals surface area contributed by atoms with Crippen LogP contribution in [0.4, 0.5) is 0 Å². The van der Waals surface area contributed by atoms with Gasteiger partial charge in [-0.15, -0.1) is 0 Å². The van der Waals surface area contributed by atoms with Crippen LogP contribution in [0.15, 0.2) is 0 Å². The third kappa shape index (κ3) is 1.32. The van der Waals surface area contributed by atoms with Gasteiger partial charge < -0.3 is 4.74 Å². The van der Waals surface area contributed by atoms with Gasteiger partial charge in [0, 0.05) is 6.54 Å². The lowest BCUT2D eigenvalue weighted by Gasteiger charge is -2.05. The van der Waals surface area contributed by atoms with Crippen molar-refractivity contribution in [2.45, 2.75) is 6.42 Å². The number of hydrogen-bond acceptors (Lipinski definition) is 4. The molecule has 1 fully saturated rings. The Bertz CT molecular complexity index is 191. The predicted octanol–water partition coefficient (Wildman–Crippen LogP) is -0.603. The zero-order valence-electron chi connectivity index (χ0n) is 6.11. The maximum absolute atomic E-state index is 10.9. The van der Waals surface area contributed by atoms with E-state index >= 15 is 0 Å². The SMILES string of the molecule is COC(=O)C1CCN(O)C1=O. The minimum absolute atomic E-state index is 0.207. The fourth-order valence-electron chi connectivity index (χ4n) is 1.03. The molecule has 1 aliphatic rings. The third-order valence-corrected chi connectivity index (χ3v) is 1.67. The van der Waals surface area contributed by atoms with E-state index in [-0.39, 0.29) is 6.54 Å². The first-order valence-corrected chi connectivity index (χ1v) is 3.25. The molecule has 0 aromatic rings. The largest absolute Gasteiger partial charge is 0.468 e. The van der Waals surface area contributed by atoms with E-state index in [4.69, 9.17) is 5.21 Å². The minimum Gasteiger partial charge on any atom is -0.468 e. The van der Waals surface area contributed by atoms with E-state index in [1.54, 1.807) is 0 Å². The van der Waals surface area contributed by atoms with Gasteiger partial charge >= 0.3 is 5.97 Å². The first kappa shape index (κ1) is 8.00. The van der Waals surface area contributed by atoms with Gasteiger partial charge in [-0.05, 0) is 6.42 Å². The molecule has 0 aromatic heterocycles. The van der Waals surface area contributed by atoms with Crippen molar-refractivity contribution in [2.24, 2.45) is 5.92 Å². The van der Waals surface area contributed by atoms with Crippen LogP contribution in [-0.2, 0) is 14.3 Å². The number of esters is 1. The molecule has 1 rings (SSSR count). The molecule has 1 heterocycles. The van der Waals surface area contributed by atoms with Crippen LogP contribution < -0.4 is 0 Å². The van der Waals surface area contributed by atoms with E-state index < -0.39 is 17.8 Å². The van der Waals surface area contributed by atoms with Gasteiger partial charge in [-0.3, -0.25) is 14.8 Å². The van der Waals surface area contributed by atoms with Gasteiger partial charge in [0.1, 0.15) is 5.92 Å². The van der Waals surface area contributed by atoms with E-state index in [0.717, 1.165) is 0 Å². The van der Waals surface area contributed by atoms with E-state index in [0.29, 0.717) is 11.5 Å². The van der Waals surface area contributed by atoms with Crippen LogP contribution in [0.25, 0.3) is 0 Å². The highest BCUT2D eigenvalue weighted by molar-refractivity contribution is 5.98. The van der Waals surface area contributed by atoms with E-state index in [1.807, 2.05) is 0 Å². The van der Waals surface area contributed by atoms with Crippen LogP contribution in [-0.4, -0.2) is 35.8 Å². The molecule has 1 atom stereocenters. The van der Waals surface area contributed by atoms with Crippen LogP contribution in [0.3, 0.4) is 0 Å². The molecular formula is C6H9NO4. The summed E-state index contributed by atoms with van der Waals surface area (Å²) in [5.74, 6) is -1.95. The van der Waals surface area contributed by atoms with E-state index in [1.165, 1.54) is 7.11 Å². The summed E-state index contributed by atoms with van der Waals surface area (Å²) in [5.41, 5.74) is 0. The van der Waals surface area contributed by atoms with Gasteiger partial charge in [0.05, 0.1) is 7.11 Å². The number of methoxy groups -OCH3 is 1. The molecule has 0 saturated carbocycles. The molecule has 5 nitrogen and oxygen atoms in total. The Hall–Kier alpha value is -1.10. The molecule has 62 valence electrons. The second-order valence-electron chi connectivity index (χ2n) is 2.33. The molecule has 1 unspecified atom stereocenters. The van der Waals surface area contributed by atoms with Crippen molar-refractivity contribution in [2.75, 3.05) is 13.7 Å². The van der Waals surface area contributed by atoms with Gasteiger partial charge in [0.2, 0.25) is 0 Å². The number of ether oxygens (including phenoxy) is 1. The van der Waals surface area contributed by atoms with Crippen molar-refractivity contribution in [1.82, 2.24) is 5.06 Å². The average molecular weight is 159 g/mol. The van der Waals surface area contributed by atoms with Crippen LogP contribution in [0.1, 0.15) is 6.42 Å². The maximum atomic E-state index is 10.9. The minimum atomic E-state index is -0.801. The number of amides is 1. The lowest BCUT2D eigenvalue weighted by molar-refractivity contribution is -0.165. The Kier molecular flexibility index (Phi) is 2.09. The standard InChI is InChI=1S/C6H9NO4/c1-11-6(9)4-2-3-7(10)5(4)8/h4,10H,2-3H2,1H3. The summed E-state index contributed by atoms with van der Waals surface area (Å²) < 4.78 is 4.36. The zero-order chi connectivity index (χ0) is 8.43. The van der Waals surface area contributed by atoms with Crippen LogP contribution >= 0.6 is 0 Å². The summed E-state index contributed by atoms with van der Waals surface area (Å²) in [7, 11) is 1.22. The second-order valence-corrected chi connectivity index (χ2v) is 2.33. The summed E-state index contributed by atoms with van der Waals surface area (Å²) in [6, 6.07) is 0. The maximum Gasteiger partial charge on any atom is 0.318 e. The fraction of sp³-hybridized carbons (Fsp3) is 0.667. The highest BCUT2D eigenvalue weighted by atomic mass is 16.5. The molecular weight excluding hydrogens is 150 g/mol. The highest BCUT2D eigenvalue weighted by Crippen LogP contribution is 2.16. The highest BCUT2D eigenvalue weighted by Gasteiger charge is 2.37. The zero-order valence-corrected chi connectivity index (χ0v) is 6.11. The number of rotatable bonds is 1. The Balaban J connectivity index is 2.62. The summed E-state index contributed by atoms with van der Waals surface area (Å²) >= 11 is 0. The molecule has 1 N–H and O–H groups in total.